The Balaban J connectivity index is 1.89. The minimum Gasteiger partial charge on any atom is -0.375 e. The van der Waals surface area contributed by atoms with Crippen molar-refractivity contribution >= 4 is 5.91 Å². The predicted octanol–water partition coefficient (Wildman–Crippen LogP) is 0.937. The lowest BCUT2D eigenvalue weighted by Crippen LogP contribution is -2.26. The van der Waals surface area contributed by atoms with Gasteiger partial charge in [-0.3, -0.25) is 4.79 Å². The van der Waals surface area contributed by atoms with E-state index in [2.05, 4.69) is 10.1 Å². The van der Waals surface area contributed by atoms with E-state index in [0.29, 0.717) is 6.04 Å². The second-order valence-corrected chi connectivity index (χ2v) is 3.06. The minimum atomic E-state index is -2.45. The van der Waals surface area contributed by atoms with Crippen LogP contribution in [-0.2, 0) is 9.53 Å². The van der Waals surface area contributed by atoms with Crippen molar-refractivity contribution in [2.24, 2.45) is 0 Å². The van der Waals surface area contributed by atoms with Crippen molar-refractivity contribution in [1.82, 2.24) is 5.32 Å². The van der Waals surface area contributed by atoms with Crippen LogP contribution in [0.4, 0.5) is 8.78 Å². The lowest BCUT2D eigenvalue weighted by atomic mass is 10.4. The maximum Gasteiger partial charge on any atom is 0.261 e. The number of carbonyl (C=O) groups excluding carboxylic acids is 1. The highest BCUT2D eigenvalue weighted by atomic mass is 19.3. The second kappa shape index (κ2) is 5.11. The van der Waals surface area contributed by atoms with E-state index in [9.17, 15) is 13.6 Å². The van der Waals surface area contributed by atoms with Crippen LogP contribution in [0.15, 0.2) is 0 Å². The summed E-state index contributed by atoms with van der Waals surface area (Å²) in [5, 5.41) is 2.74. The molecule has 0 radical (unpaired) electrons. The zero-order valence-corrected chi connectivity index (χ0v) is 7.26. The van der Waals surface area contributed by atoms with Gasteiger partial charge in [0, 0.05) is 12.5 Å². The quantitative estimate of drug-likeness (QED) is 0.637. The van der Waals surface area contributed by atoms with Gasteiger partial charge in [-0.05, 0) is 12.8 Å². The largest absolute Gasteiger partial charge is 0.375 e. The first-order chi connectivity index (χ1) is 6.18. The first kappa shape index (κ1) is 10.4. The zero-order valence-electron chi connectivity index (χ0n) is 7.26. The lowest BCUT2D eigenvalue weighted by molar-refractivity contribution is -0.122. The van der Waals surface area contributed by atoms with Crippen LogP contribution in [0.5, 0.6) is 0 Å². The highest BCUT2D eigenvalue weighted by molar-refractivity contribution is 5.76. The molecule has 0 aliphatic heterocycles. The number of hydrogen-bond donors (Lipinski definition) is 1. The van der Waals surface area contributed by atoms with Crippen LogP contribution in [-0.4, -0.2) is 31.6 Å². The molecule has 1 fully saturated rings. The molecule has 0 bridgehead atoms. The molecule has 0 heterocycles. The average Bonchev–Trinajstić information content (AvgIpc) is 2.81. The van der Waals surface area contributed by atoms with E-state index in [4.69, 9.17) is 0 Å². The molecule has 1 rings (SSSR count). The third-order valence-electron chi connectivity index (χ3n) is 1.66. The van der Waals surface area contributed by atoms with E-state index in [-0.39, 0.29) is 18.9 Å². The second-order valence-electron chi connectivity index (χ2n) is 3.06. The van der Waals surface area contributed by atoms with E-state index in [1.54, 1.807) is 0 Å². The number of ether oxygens (including phenoxy) is 1. The van der Waals surface area contributed by atoms with Gasteiger partial charge in [0.2, 0.25) is 5.91 Å². The highest BCUT2D eigenvalue weighted by Gasteiger charge is 2.22. The summed E-state index contributed by atoms with van der Waals surface area (Å²) < 4.78 is 27.7. The number of rotatable bonds is 6. The molecule has 3 nitrogen and oxygen atoms in total. The molecule has 13 heavy (non-hydrogen) atoms. The van der Waals surface area contributed by atoms with E-state index in [0.717, 1.165) is 12.8 Å². The molecule has 5 heteroatoms. The number of amides is 1. The Labute approximate surface area is 75.4 Å². The third-order valence-corrected chi connectivity index (χ3v) is 1.66. The fourth-order valence-electron chi connectivity index (χ4n) is 0.865. The first-order valence-electron chi connectivity index (χ1n) is 4.33. The molecule has 0 aromatic heterocycles. The maximum atomic E-state index is 11.6. The van der Waals surface area contributed by atoms with Gasteiger partial charge in [0.1, 0.15) is 6.61 Å². The van der Waals surface area contributed by atoms with Gasteiger partial charge in [0.25, 0.3) is 6.43 Å². The van der Waals surface area contributed by atoms with Gasteiger partial charge in [-0.1, -0.05) is 0 Å². The lowest BCUT2D eigenvalue weighted by Gasteiger charge is -2.03. The molecular weight excluding hydrogens is 180 g/mol. The van der Waals surface area contributed by atoms with Gasteiger partial charge in [-0.25, -0.2) is 8.78 Å². The van der Waals surface area contributed by atoms with Crippen LogP contribution in [0, 0.1) is 0 Å². The Morgan fingerprint density at radius 2 is 2.23 bits per heavy atom. The summed E-state index contributed by atoms with van der Waals surface area (Å²) in [5.41, 5.74) is 0. The van der Waals surface area contributed by atoms with Gasteiger partial charge in [0.05, 0.1) is 6.61 Å². The van der Waals surface area contributed by atoms with E-state index in [1.165, 1.54) is 0 Å². The smallest absolute Gasteiger partial charge is 0.261 e. The maximum absolute atomic E-state index is 11.6. The molecule has 1 aliphatic rings. The van der Waals surface area contributed by atoms with Crippen molar-refractivity contribution < 1.29 is 18.3 Å². The zero-order chi connectivity index (χ0) is 9.68. The number of carbonyl (C=O) groups is 1. The molecule has 1 aliphatic carbocycles. The van der Waals surface area contributed by atoms with Gasteiger partial charge in [-0.2, -0.15) is 0 Å². The first-order valence-corrected chi connectivity index (χ1v) is 4.33. The SMILES string of the molecule is O=C(CCOCC(F)F)NC1CC1. The predicted molar refractivity (Wildman–Crippen MR) is 42.6 cm³/mol. The summed E-state index contributed by atoms with van der Waals surface area (Å²) in [6, 6.07) is 0.322. The Morgan fingerprint density at radius 3 is 2.77 bits per heavy atom. The van der Waals surface area contributed by atoms with Crippen molar-refractivity contribution in [1.29, 1.82) is 0 Å². The molecule has 0 spiro atoms. The van der Waals surface area contributed by atoms with Crippen LogP contribution in [0.2, 0.25) is 0 Å². The average molecular weight is 193 g/mol. The van der Waals surface area contributed by atoms with Crippen molar-refractivity contribution in [3.8, 4) is 0 Å². The standard InChI is InChI=1S/C8H13F2NO2/c9-7(10)5-13-4-3-8(12)11-6-1-2-6/h6-7H,1-5H2,(H,11,12). The molecule has 0 saturated heterocycles. The molecule has 1 N–H and O–H groups in total. The monoisotopic (exact) mass is 193 g/mol. The molecule has 1 amide bonds. The van der Waals surface area contributed by atoms with Crippen LogP contribution >= 0.6 is 0 Å². The number of alkyl halides is 2. The normalized spacial score (nSPS) is 16.2. The van der Waals surface area contributed by atoms with Gasteiger partial charge >= 0.3 is 0 Å². The van der Waals surface area contributed by atoms with E-state index in [1.807, 2.05) is 0 Å². The molecule has 76 valence electrons. The number of nitrogens with one attached hydrogen (secondary N) is 1. The van der Waals surface area contributed by atoms with Crippen molar-refractivity contribution in [3.05, 3.63) is 0 Å². The summed E-state index contributed by atoms with van der Waals surface area (Å²) in [6.07, 6.45) is -0.220. The number of halogens is 2. The molecule has 1 saturated carbocycles. The van der Waals surface area contributed by atoms with Crippen LogP contribution in [0.25, 0.3) is 0 Å². The molecular formula is C8H13F2NO2. The Morgan fingerprint density at radius 1 is 1.54 bits per heavy atom. The van der Waals surface area contributed by atoms with E-state index >= 15 is 0 Å². The summed E-state index contributed by atoms with van der Waals surface area (Å²) in [7, 11) is 0. The topological polar surface area (TPSA) is 38.3 Å². The summed E-state index contributed by atoms with van der Waals surface area (Å²) >= 11 is 0. The van der Waals surface area contributed by atoms with Gasteiger partial charge < -0.3 is 10.1 Å². The Hall–Kier alpha value is -0.710. The molecule has 0 aromatic carbocycles. The van der Waals surface area contributed by atoms with Crippen LogP contribution in [0.3, 0.4) is 0 Å². The molecule has 0 aromatic rings. The Bertz CT molecular complexity index is 172. The minimum absolute atomic E-state index is 0.0723. The highest BCUT2D eigenvalue weighted by Crippen LogP contribution is 2.18. The molecule has 0 unspecified atom stereocenters. The summed E-state index contributed by atoms with van der Waals surface area (Å²) in [6.45, 7) is -0.514. The van der Waals surface area contributed by atoms with Crippen molar-refractivity contribution in [2.45, 2.75) is 31.7 Å². The van der Waals surface area contributed by atoms with Gasteiger partial charge in [-0.15, -0.1) is 0 Å². The van der Waals surface area contributed by atoms with Crippen LogP contribution < -0.4 is 5.32 Å². The number of hydrogen-bond acceptors (Lipinski definition) is 2. The van der Waals surface area contributed by atoms with Gasteiger partial charge in [0.15, 0.2) is 0 Å². The van der Waals surface area contributed by atoms with Crippen LogP contribution in [0.1, 0.15) is 19.3 Å². The Kier molecular flexibility index (Phi) is 4.08. The van der Waals surface area contributed by atoms with Crippen molar-refractivity contribution in [2.75, 3.05) is 13.2 Å². The third kappa shape index (κ3) is 5.52. The fourth-order valence-corrected chi connectivity index (χ4v) is 0.865. The summed E-state index contributed by atoms with van der Waals surface area (Å²) in [4.78, 5) is 11.0. The molecule has 0 atom stereocenters. The van der Waals surface area contributed by atoms with Crippen molar-refractivity contribution in [3.63, 3.8) is 0 Å². The van der Waals surface area contributed by atoms with E-state index < -0.39 is 13.0 Å². The fraction of sp³-hybridized carbons (Fsp3) is 0.875. The summed E-state index contributed by atoms with van der Waals surface area (Å²) in [5.74, 6) is -0.114.